The second-order valence-corrected chi connectivity index (χ2v) is 10.9. The van der Waals surface area contributed by atoms with Crippen molar-refractivity contribution in [2.75, 3.05) is 25.4 Å². The molecule has 42 heavy (non-hydrogen) atoms. The highest BCUT2D eigenvalue weighted by Gasteiger charge is 2.28. The number of likely N-dealkylation sites (tertiary alicyclic amines) is 1. The molecule has 0 spiro atoms. The molecule has 1 aliphatic rings. The van der Waals surface area contributed by atoms with Crippen LogP contribution in [-0.4, -0.2) is 50.2 Å². The average Bonchev–Trinajstić information content (AvgIpc) is 3.42. The number of amides is 1. The monoisotopic (exact) mass is 567 g/mol. The van der Waals surface area contributed by atoms with Gasteiger partial charge in [-0.3, -0.25) is 4.79 Å². The first-order valence-corrected chi connectivity index (χ1v) is 15.1. The Balaban J connectivity index is 1.26. The number of hydrogen-bond acceptors (Lipinski definition) is 7. The Morgan fingerprint density at radius 2 is 1.69 bits per heavy atom. The zero-order chi connectivity index (χ0) is 29.1. The molecule has 1 fully saturated rings. The maximum absolute atomic E-state index is 13.0. The number of nitrogens with two attached hydrogens (primary N) is 2. The lowest BCUT2D eigenvalue weighted by Crippen LogP contribution is -2.40. The van der Waals surface area contributed by atoms with Gasteiger partial charge in [-0.25, -0.2) is 14.6 Å². The van der Waals surface area contributed by atoms with Gasteiger partial charge in [-0.15, -0.1) is 0 Å². The molecule has 9 heteroatoms. The van der Waals surface area contributed by atoms with Crippen molar-refractivity contribution in [3.8, 4) is 22.8 Å². The smallest absolute Gasteiger partial charge is 0.246 e. The molecule has 1 atom stereocenters. The molecule has 0 unspecified atom stereocenters. The Bertz CT molecular complexity index is 1470. The van der Waals surface area contributed by atoms with Gasteiger partial charge < -0.3 is 21.1 Å². The first-order chi connectivity index (χ1) is 20.6. The molecule has 0 saturated carbocycles. The van der Waals surface area contributed by atoms with E-state index in [9.17, 15) is 4.79 Å². The number of nitrogen functional groups attached to an aromatic ring is 1. The van der Waals surface area contributed by atoms with Crippen molar-refractivity contribution in [1.82, 2.24) is 24.6 Å². The molecule has 2 aromatic heterocycles. The van der Waals surface area contributed by atoms with E-state index in [1.807, 2.05) is 70.3 Å². The van der Waals surface area contributed by atoms with Crippen LogP contribution in [0.3, 0.4) is 0 Å². The van der Waals surface area contributed by atoms with Crippen LogP contribution in [0.2, 0.25) is 0 Å². The van der Waals surface area contributed by atoms with Crippen molar-refractivity contribution in [2.45, 2.75) is 63.8 Å². The van der Waals surface area contributed by atoms with Crippen LogP contribution in [0.5, 0.6) is 11.5 Å². The number of para-hydroxylation sites is 1. The first kappa shape index (κ1) is 29.3. The van der Waals surface area contributed by atoms with E-state index in [0.29, 0.717) is 18.0 Å². The highest BCUT2D eigenvalue weighted by atomic mass is 16.5. The fraction of sp³-hybridized carbons (Fsp3) is 0.394. The second-order valence-electron chi connectivity index (χ2n) is 10.9. The maximum atomic E-state index is 13.0. The highest BCUT2D eigenvalue weighted by Crippen LogP contribution is 2.35. The van der Waals surface area contributed by atoms with Crippen LogP contribution in [0.4, 0.5) is 5.82 Å². The molecular weight excluding hydrogens is 526 g/mol. The number of benzene rings is 2. The predicted molar refractivity (Wildman–Crippen MR) is 167 cm³/mol. The van der Waals surface area contributed by atoms with Gasteiger partial charge in [-0.05, 0) is 81.1 Å². The molecule has 0 aliphatic carbocycles. The van der Waals surface area contributed by atoms with E-state index >= 15 is 0 Å². The van der Waals surface area contributed by atoms with Gasteiger partial charge in [0.05, 0.1) is 11.4 Å². The van der Waals surface area contributed by atoms with E-state index < -0.39 is 0 Å². The Hall–Kier alpha value is -4.24. The number of piperidine rings is 1. The zero-order valence-electron chi connectivity index (χ0n) is 24.2. The number of hydrogen-bond donors (Lipinski definition) is 2. The molecule has 1 amide bonds. The van der Waals surface area contributed by atoms with E-state index in [4.69, 9.17) is 21.3 Å². The molecule has 2 aromatic carbocycles. The van der Waals surface area contributed by atoms with Gasteiger partial charge in [0.25, 0.3) is 0 Å². The predicted octanol–water partition coefficient (Wildman–Crippen LogP) is 6.28. The summed E-state index contributed by atoms with van der Waals surface area (Å²) in [5.74, 6) is 1.95. The molecule has 4 N–H and O–H groups in total. The minimum atomic E-state index is -0.00384. The lowest BCUT2D eigenvalue weighted by atomic mass is 10.1. The molecule has 0 bridgehead atoms. The van der Waals surface area contributed by atoms with E-state index in [1.54, 1.807) is 6.08 Å². The van der Waals surface area contributed by atoms with Crippen LogP contribution in [0.15, 0.2) is 73.1 Å². The largest absolute Gasteiger partial charge is 0.457 e. The number of aromatic nitrogens is 4. The summed E-state index contributed by atoms with van der Waals surface area (Å²) in [6.07, 6.45) is 15.1. The van der Waals surface area contributed by atoms with Crippen LogP contribution < -0.4 is 16.2 Å². The summed E-state index contributed by atoms with van der Waals surface area (Å²) < 4.78 is 7.89. The summed E-state index contributed by atoms with van der Waals surface area (Å²) >= 11 is 0. The minimum absolute atomic E-state index is 0.00384. The van der Waals surface area contributed by atoms with E-state index in [0.717, 1.165) is 73.3 Å². The molecule has 5 rings (SSSR count). The Morgan fingerprint density at radius 1 is 0.952 bits per heavy atom. The number of anilines is 1. The maximum Gasteiger partial charge on any atom is 0.246 e. The minimum Gasteiger partial charge on any atom is -0.457 e. The van der Waals surface area contributed by atoms with Crippen molar-refractivity contribution in [1.29, 1.82) is 0 Å². The SMILES string of the molecule is NCCCCCCCC/C=C/C(=O)N1CCC[C@@H](n2nc(-c3ccc(Oc4ccccc4)cc3)c3c(N)ncnc32)C1. The fourth-order valence-corrected chi connectivity index (χ4v) is 5.52. The topological polar surface area (TPSA) is 125 Å². The van der Waals surface area contributed by atoms with E-state index in [2.05, 4.69) is 9.97 Å². The van der Waals surface area contributed by atoms with Gasteiger partial charge in [0.15, 0.2) is 5.65 Å². The third kappa shape index (κ3) is 7.33. The van der Waals surface area contributed by atoms with Gasteiger partial charge in [0.2, 0.25) is 5.91 Å². The van der Waals surface area contributed by atoms with E-state index in [1.165, 1.54) is 32.0 Å². The molecule has 0 radical (unpaired) electrons. The summed E-state index contributed by atoms with van der Waals surface area (Å²) in [5.41, 5.74) is 14.2. The van der Waals surface area contributed by atoms with Crippen molar-refractivity contribution in [3.63, 3.8) is 0 Å². The first-order valence-electron chi connectivity index (χ1n) is 15.1. The molecule has 9 nitrogen and oxygen atoms in total. The summed E-state index contributed by atoms with van der Waals surface area (Å²) in [7, 11) is 0. The molecule has 3 heterocycles. The molecular formula is C33H41N7O2. The van der Waals surface area contributed by atoms with E-state index in [-0.39, 0.29) is 11.9 Å². The zero-order valence-corrected chi connectivity index (χ0v) is 24.2. The number of rotatable bonds is 13. The van der Waals surface area contributed by atoms with Gasteiger partial charge in [0.1, 0.15) is 29.3 Å². The lowest BCUT2D eigenvalue weighted by molar-refractivity contribution is -0.127. The van der Waals surface area contributed by atoms with Crippen LogP contribution in [0.1, 0.15) is 63.8 Å². The normalized spacial score (nSPS) is 15.5. The number of fused-ring (bicyclic) bond motifs is 1. The number of ether oxygens (including phenoxy) is 1. The van der Waals surface area contributed by atoms with Crippen molar-refractivity contribution < 1.29 is 9.53 Å². The van der Waals surface area contributed by atoms with Gasteiger partial charge in [-0.1, -0.05) is 50.0 Å². The average molecular weight is 568 g/mol. The third-order valence-electron chi connectivity index (χ3n) is 7.76. The van der Waals surface area contributed by atoms with Crippen molar-refractivity contribution in [2.24, 2.45) is 5.73 Å². The summed E-state index contributed by atoms with van der Waals surface area (Å²) in [6.45, 7) is 2.10. The van der Waals surface area contributed by atoms with Crippen LogP contribution >= 0.6 is 0 Å². The Morgan fingerprint density at radius 3 is 2.48 bits per heavy atom. The fourth-order valence-electron chi connectivity index (χ4n) is 5.52. The Kier molecular flexibility index (Phi) is 10.2. The number of carbonyl (C=O) groups is 1. The molecule has 4 aromatic rings. The summed E-state index contributed by atoms with van der Waals surface area (Å²) in [4.78, 5) is 23.8. The number of carbonyl (C=O) groups excluding carboxylic acids is 1. The second kappa shape index (κ2) is 14.6. The summed E-state index contributed by atoms with van der Waals surface area (Å²) in [5, 5.41) is 5.73. The third-order valence-corrected chi connectivity index (χ3v) is 7.76. The Labute approximate surface area is 247 Å². The van der Waals surface area contributed by atoms with Gasteiger partial charge in [-0.2, -0.15) is 5.10 Å². The number of unbranched alkanes of at least 4 members (excludes halogenated alkanes) is 6. The van der Waals surface area contributed by atoms with Crippen LogP contribution in [0.25, 0.3) is 22.3 Å². The molecule has 1 saturated heterocycles. The molecule has 220 valence electrons. The lowest BCUT2D eigenvalue weighted by Gasteiger charge is -2.32. The van der Waals surface area contributed by atoms with Crippen molar-refractivity contribution >= 4 is 22.8 Å². The van der Waals surface area contributed by atoms with Gasteiger partial charge in [0, 0.05) is 18.7 Å². The molecule has 1 aliphatic heterocycles. The van der Waals surface area contributed by atoms with Gasteiger partial charge >= 0.3 is 0 Å². The number of nitrogens with zero attached hydrogens (tertiary/aromatic N) is 5. The quantitative estimate of drug-likeness (QED) is 0.144. The highest BCUT2D eigenvalue weighted by molar-refractivity contribution is 5.98. The standard InChI is InChI=1S/C33H41N7O2/c34-21-11-6-4-2-1-3-5-10-16-29(41)39-22-12-13-26(23-39)40-33-30(32(35)36-24-37-33)31(38-40)25-17-19-28(20-18-25)42-27-14-8-7-9-15-27/h7-10,14-20,24,26H,1-6,11-13,21-23,34H2,(H2,35,36,37)/b16-10+/t26-/m1/s1. The van der Waals surface area contributed by atoms with Crippen molar-refractivity contribution in [3.05, 3.63) is 73.1 Å². The number of allylic oxidation sites excluding steroid dienone is 1. The summed E-state index contributed by atoms with van der Waals surface area (Å²) in [6, 6.07) is 17.4. The van der Waals surface area contributed by atoms with Crippen LogP contribution in [0, 0.1) is 0 Å². The van der Waals surface area contributed by atoms with Crippen LogP contribution in [-0.2, 0) is 4.79 Å².